The van der Waals surface area contributed by atoms with Gasteiger partial charge in [-0.15, -0.1) is 0 Å². The smallest absolute Gasteiger partial charge is 0.0930 e. The van der Waals surface area contributed by atoms with Crippen LogP contribution in [0.1, 0.15) is 24.6 Å². The van der Waals surface area contributed by atoms with Crippen LogP contribution in [0.5, 0.6) is 0 Å². The fourth-order valence-corrected chi connectivity index (χ4v) is 4.36. The van der Waals surface area contributed by atoms with Gasteiger partial charge >= 0.3 is 0 Å². The SMILES string of the molecule is NC1CC2CNC(c3ccc(-c4ccc5[nH]ncc5c4)nn3)C2C1. The van der Waals surface area contributed by atoms with Crippen molar-refractivity contribution < 1.29 is 0 Å². The summed E-state index contributed by atoms with van der Waals surface area (Å²) in [5.41, 5.74) is 10.1. The lowest BCUT2D eigenvalue weighted by Gasteiger charge is -2.17. The van der Waals surface area contributed by atoms with E-state index in [4.69, 9.17) is 5.73 Å². The minimum atomic E-state index is 0.293. The van der Waals surface area contributed by atoms with E-state index in [0.29, 0.717) is 23.9 Å². The quantitative estimate of drug-likeness (QED) is 0.672. The first-order valence-electron chi connectivity index (χ1n) is 8.54. The summed E-state index contributed by atoms with van der Waals surface area (Å²) in [5, 5.41) is 20.7. The van der Waals surface area contributed by atoms with E-state index in [-0.39, 0.29) is 0 Å². The van der Waals surface area contributed by atoms with Crippen molar-refractivity contribution >= 4 is 10.9 Å². The molecule has 1 aromatic carbocycles. The molecular formula is C18H20N6. The highest BCUT2D eigenvalue weighted by molar-refractivity contribution is 5.83. The number of aromatic amines is 1. The molecule has 1 saturated carbocycles. The zero-order valence-electron chi connectivity index (χ0n) is 13.3. The van der Waals surface area contributed by atoms with Gasteiger partial charge in [0.05, 0.1) is 29.1 Å². The molecule has 0 spiro atoms. The molecule has 1 aliphatic heterocycles. The molecule has 2 fully saturated rings. The lowest BCUT2D eigenvalue weighted by Crippen LogP contribution is -2.24. The molecule has 0 radical (unpaired) electrons. The van der Waals surface area contributed by atoms with Gasteiger partial charge in [0.15, 0.2) is 0 Å². The number of nitrogens with one attached hydrogen (secondary N) is 2. The predicted octanol–water partition coefficient (Wildman–Crippen LogP) is 2.02. The molecule has 3 heterocycles. The molecule has 24 heavy (non-hydrogen) atoms. The van der Waals surface area contributed by atoms with Crippen molar-refractivity contribution in [2.75, 3.05) is 6.54 Å². The van der Waals surface area contributed by atoms with Crippen molar-refractivity contribution in [1.82, 2.24) is 25.7 Å². The molecule has 2 aliphatic rings. The van der Waals surface area contributed by atoms with Crippen LogP contribution in [-0.2, 0) is 0 Å². The number of H-pyrrole nitrogens is 1. The molecule has 3 aromatic rings. The van der Waals surface area contributed by atoms with Crippen molar-refractivity contribution in [3.8, 4) is 11.3 Å². The van der Waals surface area contributed by atoms with Crippen molar-refractivity contribution in [3.63, 3.8) is 0 Å². The molecule has 6 heteroatoms. The number of hydrogen-bond acceptors (Lipinski definition) is 5. The number of fused-ring (bicyclic) bond motifs is 2. The number of nitrogens with two attached hydrogens (primary N) is 1. The Morgan fingerprint density at radius 1 is 1.08 bits per heavy atom. The monoisotopic (exact) mass is 320 g/mol. The van der Waals surface area contributed by atoms with E-state index in [1.165, 1.54) is 0 Å². The third-order valence-corrected chi connectivity index (χ3v) is 5.55. The van der Waals surface area contributed by atoms with Crippen molar-refractivity contribution in [2.45, 2.75) is 24.9 Å². The summed E-state index contributed by atoms with van der Waals surface area (Å²) in [4.78, 5) is 0. The van der Waals surface area contributed by atoms with Crippen LogP contribution in [0, 0.1) is 11.8 Å². The Balaban J connectivity index is 1.42. The van der Waals surface area contributed by atoms with E-state index >= 15 is 0 Å². The van der Waals surface area contributed by atoms with Crippen LogP contribution in [0.3, 0.4) is 0 Å². The topological polar surface area (TPSA) is 92.5 Å². The summed E-state index contributed by atoms with van der Waals surface area (Å²) in [6.07, 6.45) is 4.04. The van der Waals surface area contributed by atoms with Gasteiger partial charge in [-0.25, -0.2) is 0 Å². The Bertz CT molecular complexity index is 871. The molecule has 122 valence electrons. The van der Waals surface area contributed by atoms with Crippen LogP contribution >= 0.6 is 0 Å². The fourth-order valence-electron chi connectivity index (χ4n) is 4.36. The molecule has 6 nitrogen and oxygen atoms in total. The van der Waals surface area contributed by atoms with Gasteiger partial charge in [-0.05, 0) is 55.5 Å². The molecule has 4 N–H and O–H groups in total. The summed E-state index contributed by atoms with van der Waals surface area (Å²) in [6, 6.07) is 11.0. The van der Waals surface area contributed by atoms with Crippen LogP contribution in [-0.4, -0.2) is 33.0 Å². The maximum Gasteiger partial charge on any atom is 0.0930 e. The third kappa shape index (κ3) is 2.22. The van der Waals surface area contributed by atoms with Crippen molar-refractivity contribution in [3.05, 3.63) is 42.2 Å². The van der Waals surface area contributed by atoms with Gasteiger partial charge in [0.2, 0.25) is 0 Å². The predicted molar refractivity (Wildman–Crippen MR) is 92.1 cm³/mol. The number of hydrogen-bond donors (Lipinski definition) is 3. The minimum Gasteiger partial charge on any atom is -0.328 e. The lowest BCUT2D eigenvalue weighted by atomic mass is 9.92. The molecule has 2 aromatic heterocycles. The van der Waals surface area contributed by atoms with Crippen molar-refractivity contribution in [1.29, 1.82) is 0 Å². The highest BCUT2D eigenvalue weighted by Crippen LogP contribution is 2.43. The Morgan fingerprint density at radius 2 is 2.04 bits per heavy atom. The van der Waals surface area contributed by atoms with Gasteiger partial charge in [0.1, 0.15) is 0 Å². The van der Waals surface area contributed by atoms with Gasteiger partial charge in [-0.3, -0.25) is 5.10 Å². The van der Waals surface area contributed by atoms with E-state index < -0.39 is 0 Å². The summed E-state index contributed by atoms with van der Waals surface area (Å²) in [6.45, 7) is 1.05. The minimum absolute atomic E-state index is 0.293. The number of rotatable bonds is 2. The maximum absolute atomic E-state index is 6.13. The van der Waals surface area contributed by atoms with Gasteiger partial charge in [0.25, 0.3) is 0 Å². The first-order chi connectivity index (χ1) is 11.8. The summed E-state index contributed by atoms with van der Waals surface area (Å²) in [7, 11) is 0. The second kappa shape index (κ2) is 5.36. The lowest BCUT2D eigenvalue weighted by molar-refractivity contribution is 0.410. The zero-order valence-corrected chi connectivity index (χ0v) is 13.3. The molecular weight excluding hydrogens is 300 g/mol. The molecule has 5 rings (SSSR count). The van der Waals surface area contributed by atoms with Crippen LogP contribution < -0.4 is 11.1 Å². The van der Waals surface area contributed by atoms with E-state index in [9.17, 15) is 0 Å². The van der Waals surface area contributed by atoms with E-state index in [2.05, 4.69) is 43.9 Å². The van der Waals surface area contributed by atoms with Gasteiger partial charge in [-0.1, -0.05) is 6.07 Å². The van der Waals surface area contributed by atoms with Crippen LogP contribution in [0.15, 0.2) is 36.5 Å². The van der Waals surface area contributed by atoms with Gasteiger partial charge in [-0.2, -0.15) is 15.3 Å². The summed E-state index contributed by atoms with van der Waals surface area (Å²) >= 11 is 0. The molecule has 0 amide bonds. The first-order valence-corrected chi connectivity index (χ1v) is 8.54. The number of benzene rings is 1. The molecule has 4 atom stereocenters. The Labute approximate surface area is 139 Å². The summed E-state index contributed by atoms with van der Waals surface area (Å²) in [5.74, 6) is 1.29. The Morgan fingerprint density at radius 3 is 2.92 bits per heavy atom. The normalized spacial score (nSPS) is 29.2. The van der Waals surface area contributed by atoms with Gasteiger partial charge < -0.3 is 11.1 Å². The van der Waals surface area contributed by atoms with E-state index in [1.807, 2.05) is 18.3 Å². The fraction of sp³-hybridized carbons (Fsp3) is 0.389. The van der Waals surface area contributed by atoms with Gasteiger partial charge in [0, 0.05) is 17.0 Å². The van der Waals surface area contributed by atoms with Crippen LogP contribution in [0.2, 0.25) is 0 Å². The maximum atomic E-state index is 6.13. The molecule has 1 aliphatic carbocycles. The van der Waals surface area contributed by atoms with E-state index in [0.717, 1.165) is 47.2 Å². The molecule has 0 bridgehead atoms. The zero-order chi connectivity index (χ0) is 16.1. The Kier molecular flexibility index (Phi) is 3.14. The summed E-state index contributed by atoms with van der Waals surface area (Å²) < 4.78 is 0. The standard InChI is InChI=1S/C18H20N6/c19-13-6-11-8-20-18(14(11)7-13)17-4-3-15(23-24-17)10-1-2-16-12(5-10)9-21-22-16/h1-5,9,11,13-14,18,20H,6-8,19H2,(H,21,22). The molecule has 4 unspecified atom stereocenters. The number of nitrogens with zero attached hydrogens (tertiary/aromatic N) is 3. The average Bonchev–Trinajstić information content (AvgIpc) is 3.29. The first kappa shape index (κ1) is 14.1. The van der Waals surface area contributed by atoms with Crippen LogP contribution in [0.25, 0.3) is 22.2 Å². The second-order valence-electron chi connectivity index (χ2n) is 7.06. The largest absolute Gasteiger partial charge is 0.328 e. The third-order valence-electron chi connectivity index (χ3n) is 5.55. The van der Waals surface area contributed by atoms with E-state index in [1.54, 1.807) is 0 Å². The average molecular weight is 320 g/mol. The second-order valence-corrected chi connectivity index (χ2v) is 7.06. The highest BCUT2D eigenvalue weighted by atomic mass is 15.1. The van der Waals surface area contributed by atoms with Crippen molar-refractivity contribution in [2.24, 2.45) is 17.6 Å². The molecule has 1 saturated heterocycles. The number of aromatic nitrogens is 4. The highest BCUT2D eigenvalue weighted by Gasteiger charge is 2.43. The Hall–Kier alpha value is -2.31. The van der Waals surface area contributed by atoms with Crippen LogP contribution in [0.4, 0.5) is 0 Å².